The Morgan fingerprint density at radius 2 is 1.60 bits per heavy atom. The summed E-state index contributed by atoms with van der Waals surface area (Å²) in [7, 11) is 0. The van der Waals surface area contributed by atoms with Crippen molar-refractivity contribution in [2.75, 3.05) is 17.2 Å². The van der Waals surface area contributed by atoms with Gasteiger partial charge in [0.15, 0.2) is 18.2 Å². The molecule has 5 nitrogen and oxygen atoms in total. The maximum absolute atomic E-state index is 13.4. The normalized spacial score (nSPS) is 11.6. The summed E-state index contributed by atoms with van der Waals surface area (Å²) in [6, 6.07) is 19.2. The molecular weight excluding hydrogens is 388 g/mol. The first-order chi connectivity index (χ1) is 14.4. The molecule has 3 aromatic rings. The van der Waals surface area contributed by atoms with E-state index in [-0.39, 0.29) is 24.4 Å². The van der Waals surface area contributed by atoms with E-state index in [1.807, 2.05) is 18.2 Å². The molecule has 0 aliphatic carbocycles. The van der Waals surface area contributed by atoms with Crippen LogP contribution in [0.3, 0.4) is 0 Å². The fourth-order valence-electron chi connectivity index (χ4n) is 2.93. The van der Waals surface area contributed by atoms with Gasteiger partial charge in [0.25, 0.3) is 11.8 Å². The average molecular weight is 410 g/mol. The molecule has 0 aliphatic heterocycles. The molecule has 4 N–H and O–H groups in total. The van der Waals surface area contributed by atoms with Gasteiger partial charge in [0.1, 0.15) is 6.04 Å². The molecule has 30 heavy (non-hydrogen) atoms. The van der Waals surface area contributed by atoms with Crippen LogP contribution in [0, 0.1) is 11.6 Å². The molecule has 154 valence electrons. The highest BCUT2D eigenvalue weighted by molar-refractivity contribution is 6.10. The maximum Gasteiger partial charge on any atom is 0.279 e. The third-order valence-corrected chi connectivity index (χ3v) is 4.60. The monoisotopic (exact) mass is 410 g/mol. The summed E-state index contributed by atoms with van der Waals surface area (Å²) in [5.74, 6) is -2.48. The largest absolute Gasteiger partial charge is 0.333 e. The number of quaternary nitrogens is 1. The minimum absolute atomic E-state index is 0.0504. The van der Waals surface area contributed by atoms with E-state index in [9.17, 15) is 18.4 Å². The van der Waals surface area contributed by atoms with Crippen LogP contribution in [0.15, 0.2) is 72.8 Å². The van der Waals surface area contributed by atoms with E-state index in [4.69, 9.17) is 0 Å². The summed E-state index contributed by atoms with van der Waals surface area (Å²) in [5.41, 5.74) is 1.95. The van der Waals surface area contributed by atoms with Gasteiger partial charge in [-0.25, -0.2) is 8.78 Å². The van der Waals surface area contributed by atoms with Crippen molar-refractivity contribution in [2.24, 2.45) is 0 Å². The standard InChI is InChI=1S/C23H21F2N3O2/c1-15(16-11-12-19(24)20(25)13-16)26-14-22(29)28-21-10-6-5-9-18(21)23(30)27-17-7-3-2-4-8-17/h2-13,15,26H,14H2,1H3,(H,27,30)(H,28,29)/p+1/t15-/m1/s1. The Bertz CT molecular complexity index is 1040. The topological polar surface area (TPSA) is 74.8 Å². The van der Waals surface area contributed by atoms with Crippen molar-refractivity contribution in [2.45, 2.75) is 13.0 Å². The fourth-order valence-corrected chi connectivity index (χ4v) is 2.93. The van der Waals surface area contributed by atoms with E-state index in [0.717, 1.165) is 12.1 Å². The number of nitrogens with two attached hydrogens (primary N) is 1. The van der Waals surface area contributed by atoms with Gasteiger partial charge in [0, 0.05) is 11.3 Å². The van der Waals surface area contributed by atoms with Crippen molar-refractivity contribution in [3.05, 3.63) is 95.6 Å². The zero-order valence-corrected chi connectivity index (χ0v) is 16.4. The number of hydrogen-bond acceptors (Lipinski definition) is 2. The van der Waals surface area contributed by atoms with Crippen LogP contribution in [-0.2, 0) is 4.79 Å². The van der Waals surface area contributed by atoms with Gasteiger partial charge in [-0.2, -0.15) is 0 Å². The molecule has 3 rings (SSSR count). The number of benzene rings is 3. The molecule has 7 heteroatoms. The average Bonchev–Trinajstić information content (AvgIpc) is 2.75. The number of carbonyl (C=O) groups is 2. The molecular formula is C23H22F2N3O2+. The number of amides is 2. The fraction of sp³-hybridized carbons (Fsp3) is 0.130. The summed E-state index contributed by atoms with van der Waals surface area (Å²) in [6.07, 6.45) is 0. The summed E-state index contributed by atoms with van der Waals surface area (Å²) >= 11 is 0. The molecule has 0 heterocycles. The van der Waals surface area contributed by atoms with Crippen molar-refractivity contribution < 1.29 is 23.7 Å². The first-order valence-electron chi connectivity index (χ1n) is 9.47. The van der Waals surface area contributed by atoms with Gasteiger partial charge in [0.2, 0.25) is 0 Å². The van der Waals surface area contributed by atoms with E-state index < -0.39 is 11.6 Å². The van der Waals surface area contributed by atoms with Gasteiger partial charge in [-0.05, 0) is 49.4 Å². The van der Waals surface area contributed by atoms with Crippen LogP contribution in [0.1, 0.15) is 28.9 Å². The number of hydrogen-bond donors (Lipinski definition) is 3. The molecule has 1 atom stereocenters. The molecule has 0 unspecified atom stereocenters. The number of carbonyl (C=O) groups excluding carboxylic acids is 2. The summed E-state index contributed by atoms with van der Waals surface area (Å²) in [4.78, 5) is 25.0. The van der Waals surface area contributed by atoms with Gasteiger partial charge in [-0.15, -0.1) is 0 Å². The second-order valence-electron chi connectivity index (χ2n) is 6.82. The Kier molecular flexibility index (Phi) is 6.87. The maximum atomic E-state index is 13.4. The highest BCUT2D eigenvalue weighted by atomic mass is 19.2. The smallest absolute Gasteiger partial charge is 0.279 e. The molecule has 0 saturated heterocycles. The van der Waals surface area contributed by atoms with Crippen LogP contribution in [0.25, 0.3) is 0 Å². The van der Waals surface area contributed by atoms with Crippen LogP contribution >= 0.6 is 0 Å². The Balaban J connectivity index is 1.61. The lowest BCUT2D eigenvalue weighted by atomic mass is 10.1. The van der Waals surface area contributed by atoms with Crippen LogP contribution in [0.5, 0.6) is 0 Å². The molecule has 0 fully saturated rings. The summed E-state index contributed by atoms with van der Waals surface area (Å²) < 4.78 is 26.5. The number of rotatable bonds is 7. The zero-order valence-electron chi connectivity index (χ0n) is 16.4. The SMILES string of the molecule is C[C@@H]([NH2+]CC(=O)Nc1ccccc1C(=O)Nc1ccccc1)c1ccc(F)c(F)c1. The van der Waals surface area contributed by atoms with Crippen LogP contribution < -0.4 is 16.0 Å². The lowest BCUT2D eigenvalue weighted by molar-refractivity contribution is -0.682. The minimum atomic E-state index is -0.921. The van der Waals surface area contributed by atoms with E-state index in [1.165, 1.54) is 6.07 Å². The second kappa shape index (κ2) is 9.76. The predicted molar refractivity (Wildman–Crippen MR) is 111 cm³/mol. The number of nitrogens with one attached hydrogen (secondary N) is 2. The second-order valence-corrected chi connectivity index (χ2v) is 6.82. The van der Waals surface area contributed by atoms with Gasteiger partial charge in [-0.3, -0.25) is 9.59 Å². The van der Waals surface area contributed by atoms with Gasteiger partial charge in [-0.1, -0.05) is 30.3 Å². The lowest BCUT2D eigenvalue weighted by Gasteiger charge is -2.13. The van der Waals surface area contributed by atoms with Gasteiger partial charge in [0.05, 0.1) is 11.3 Å². The Labute approximate surface area is 173 Å². The first kappa shape index (κ1) is 21.1. The van der Waals surface area contributed by atoms with E-state index in [1.54, 1.807) is 48.6 Å². The summed E-state index contributed by atoms with van der Waals surface area (Å²) in [6.45, 7) is 1.84. The first-order valence-corrected chi connectivity index (χ1v) is 9.47. The number of para-hydroxylation sites is 2. The van der Waals surface area contributed by atoms with Crippen LogP contribution in [0.2, 0.25) is 0 Å². The number of halogens is 2. The zero-order chi connectivity index (χ0) is 21.5. The third kappa shape index (κ3) is 5.48. The van der Waals surface area contributed by atoms with Crippen molar-refractivity contribution in [1.82, 2.24) is 0 Å². The molecule has 3 aromatic carbocycles. The highest BCUT2D eigenvalue weighted by Gasteiger charge is 2.16. The quantitative estimate of drug-likeness (QED) is 0.558. The lowest BCUT2D eigenvalue weighted by Crippen LogP contribution is -2.86. The molecule has 0 aromatic heterocycles. The van der Waals surface area contributed by atoms with E-state index >= 15 is 0 Å². The molecule has 0 spiro atoms. The van der Waals surface area contributed by atoms with Gasteiger partial charge >= 0.3 is 0 Å². The predicted octanol–water partition coefficient (Wildman–Crippen LogP) is 3.48. The molecule has 0 radical (unpaired) electrons. The number of anilines is 2. The molecule has 2 amide bonds. The molecule has 0 aliphatic rings. The van der Waals surface area contributed by atoms with Crippen molar-refractivity contribution in [3.63, 3.8) is 0 Å². The van der Waals surface area contributed by atoms with E-state index in [2.05, 4.69) is 10.6 Å². The van der Waals surface area contributed by atoms with Crippen LogP contribution in [-0.4, -0.2) is 18.4 Å². The third-order valence-electron chi connectivity index (χ3n) is 4.60. The minimum Gasteiger partial charge on any atom is -0.333 e. The van der Waals surface area contributed by atoms with Crippen molar-refractivity contribution in [1.29, 1.82) is 0 Å². The van der Waals surface area contributed by atoms with Crippen molar-refractivity contribution in [3.8, 4) is 0 Å². The molecule has 0 saturated carbocycles. The summed E-state index contributed by atoms with van der Waals surface area (Å²) in [5, 5.41) is 7.23. The van der Waals surface area contributed by atoms with Crippen molar-refractivity contribution >= 4 is 23.2 Å². The van der Waals surface area contributed by atoms with E-state index in [0.29, 0.717) is 22.5 Å². The Hall–Kier alpha value is -3.58. The Morgan fingerprint density at radius 3 is 2.33 bits per heavy atom. The Morgan fingerprint density at radius 1 is 0.900 bits per heavy atom. The van der Waals surface area contributed by atoms with Gasteiger partial charge < -0.3 is 16.0 Å². The molecule has 0 bridgehead atoms. The van der Waals surface area contributed by atoms with Crippen LogP contribution in [0.4, 0.5) is 20.2 Å². The highest BCUT2D eigenvalue weighted by Crippen LogP contribution is 2.17.